The van der Waals surface area contributed by atoms with Crippen LogP contribution in [0.4, 0.5) is 10.5 Å². The quantitative estimate of drug-likeness (QED) is 0.853. The van der Waals surface area contributed by atoms with Crippen LogP contribution in [0.25, 0.3) is 0 Å². The molecule has 1 atom stereocenters. The lowest BCUT2D eigenvalue weighted by Crippen LogP contribution is -2.56. The molecule has 1 N–H and O–H groups in total. The number of nitrogens with zero attached hydrogens (tertiary/aromatic N) is 2. The maximum atomic E-state index is 12.6. The zero-order chi connectivity index (χ0) is 17.4. The van der Waals surface area contributed by atoms with Gasteiger partial charge in [-0.3, -0.25) is 4.79 Å². The average Bonchev–Trinajstić information content (AvgIpc) is 2.63. The molecule has 0 aliphatic carbocycles. The first-order chi connectivity index (χ1) is 12.1. The van der Waals surface area contributed by atoms with Crippen molar-refractivity contribution in [2.24, 2.45) is 0 Å². The summed E-state index contributed by atoms with van der Waals surface area (Å²) in [5.74, 6) is -0.00277. The molecule has 2 aliphatic heterocycles. The lowest BCUT2D eigenvalue weighted by molar-refractivity contribution is -0.139. The molecule has 1 saturated heterocycles. The fraction of sp³-hybridized carbons (Fsp3) is 0.263. The molecular formula is C19H18ClN3O2. The van der Waals surface area contributed by atoms with Crippen LogP contribution in [-0.4, -0.2) is 41.4 Å². The van der Waals surface area contributed by atoms with Crippen molar-refractivity contribution in [3.05, 3.63) is 64.7 Å². The van der Waals surface area contributed by atoms with Crippen molar-refractivity contribution in [2.45, 2.75) is 12.5 Å². The van der Waals surface area contributed by atoms with Crippen molar-refractivity contribution < 1.29 is 9.59 Å². The Labute approximate surface area is 151 Å². The molecule has 4 rings (SSSR count). The molecule has 0 saturated carbocycles. The van der Waals surface area contributed by atoms with Gasteiger partial charge in [-0.25, -0.2) is 4.79 Å². The van der Waals surface area contributed by atoms with Gasteiger partial charge in [0.25, 0.3) is 0 Å². The van der Waals surface area contributed by atoms with Crippen molar-refractivity contribution in [2.75, 3.05) is 25.0 Å². The van der Waals surface area contributed by atoms with Crippen LogP contribution in [0.3, 0.4) is 0 Å². The Bertz CT molecular complexity index is 822. The van der Waals surface area contributed by atoms with E-state index in [1.54, 1.807) is 29.2 Å². The van der Waals surface area contributed by atoms with Gasteiger partial charge in [-0.2, -0.15) is 0 Å². The Morgan fingerprint density at radius 2 is 1.88 bits per heavy atom. The molecule has 0 spiro atoms. The molecule has 6 heteroatoms. The number of urea groups is 1. The largest absolute Gasteiger partial charge is 0.332 e. The lowest BCUT2D eigenvalue weighted by Gasteiger charge is -2.44. The molecule has 1 unspecified atom stereocenters. The topological polar surface area (TPSA) is 52.7 Å². The molecule has 2 aliphatic rings. The SMILES string of the molecule is O=C(Nc1ccc(Cl)cc1)N1CC(=O)N2CCc3ccccc3C2C1. The van der Waals surface area contributed by atoms with Gasteiger partial charge in [0.05, 0.1) is 6.04 Å². The van der Waals surface area contributed by atoms with E-state index in [1.807, 2.05) is 17.0 Å². The van der Waals surface area contributed by atoms with Crippen LogP contribution >= 0.6 is 11.6 Å². The van der Waals surface area contributed by atoms with E-state index in [4.69, 9.17) is 11.6 Å². The van der Waals surface area contributed by atoms with E-state index >= 15 is 0 Å². The molecular weight excluding hydrogens is 338 g/mol. The first kappa shape index (κ1) is 16.0. The highest BCUT2D eigenvalue weighted by Gasteiger charge is 2.38. The first-order valence-electron chi connectivity index (χ1n) is 8.30. The van der Waals surface area contributed by atoms with Gasteiger partial charge in [-0.1, -0.05) is 35.9 Å². The van der Waals surface area contributed by atoms with Crippen LogP contribution in [0.15, 0.2) is 48.5 Å². The number of amides is 3. The number of benzene rings is 2. The van der Waals surface area contributed by atoms with Crippen LogP contribution in [0.2, 0.25) is 5.02 Å². The second-order valence-corrected chi connectivity index (χ2v) is 6.81. The number of nitrogens with one attached hydrogen (secondary N) is 1. The number of piperazine rings is 1. The van der Waals surface area contributed by atoms with Crippen LogP contribution < -0.4 is 5.32 Å². The van der Waals surface area contributed by atoms with Gasteiger partial charge in [0.15, 0.2) is 0 Å². The van der Waals surface area contributed by atoms with Crippen molar-refractivity contribution in [3.63, 3.8) is 0 Å². The molecule has 0 bridgehead atoms. The summed E-state index contributed by atoms with van der Waals surface area (Å²) in [5, 5.41) is 3.45. The molecule has 3 amide bonds. The van der Waals surface area contributed by atoms with E-state index in [-0.39, 0.29) is 24.5 Å². The minimum atomic E-state index is -0.265. The lowest BCUT2D eigenvalue weighted by atomic mass is 9.91. The molecule has 5 nitrogen and oxygen atoms in total. The van der Waals surface area contributed by atoms with Gasteiger partial charge in [0.2, 0.25) is 5.91 Å². The number of fused-ring (bicyclic) bond motifs is 3. The minimum absolute atomic E-state index is 0.00277. The summed E-state index contributed by atoms with van der Waals surface area (Å²) in [6.45, 7) is 1.33. The molecule has 0 aromatic heterocycles. The molecule has 2 heterocycles. The third kappa shape index (κ3) is 3.07. The molecule has 2 aromatic carbocycles. The van der Waals surface area contributed by atoms with E-state index in [0.717, 1.165) is 12.0 Å². The van der Waals surface area contributed by atoms with Gasteiger partial charge in [0, 0.05) is 23.8 Å². The van der Waals surface area contributed by atoms with Gasteiger partial charge >= 0.3 is 6.03 Å². The zero-order valence-electron chi connectivity index (χ0n) is 13.6. The molecule has 2 aromatic rings. The van der Waals surface area contributed by atoms with Gasteiger partial charge < -0.3 is 15.1 Å². The normalized spacial score (nSPS) is 19.2. The monoisotopic (exact) mass is 355 g/mol. The third-order valence-electron chi connectivity index (χ3n) is 4.83. The molecule has 0 radical (unpaired) electrons. The molecule has 25 heavy (non-hydrogen) atoms. The smallest absolute Gasteiger partial charge is 0.322 e. The molecule has 128 valence electrons. The summed E-state index contributed by atoms with van der Waals surface area (Å²) in [6.07, 6.45) is 0.870. The Morgan fingerprint density at radius 3 is 2.68 bits per heavy atom. The number of carbonyl (C=O) groups is 2. The van der Waals surface area contributed by atoms with Gasteiger partial charge in [-0.15, -0.1) is 0 Å². The second-order valence-electron chi connectivity index (χ2n) is 6.37. The van der Waals surface area contributed by atoms with E-state index in [9.17, 15) is 9.59 Å². The van der Waals surface area contributed by atoms with Crippen molar-refractivity contribution in [3.8, 4) is 0 Å². The third-order valence-corrected chi connectivity index (χ3v) is 5.09. The summed E-state index contributed by atoms with van der Waals surface area (Å²) < 4.78 is 0. The Hall–Kier alpha value is -2.53. The van der Waals surface area contributed by atoms with Crippen LogP contribution in [0.5, 0.6) is 0 Å². The highest BCUT2D eigenvalue weighted by atomic mass is 35.5. The number of halogens is 1. The van der Waals surface area contributed by atoms with Crippen molar-refractivity contribution in [1.82, 2.24) is 9.80 Å². The number of anilines is 1. The minimum Gasteiger partial charge on any atom is -0.332 e. The zero-order valence-corrected chi connectivity index (χ0v) is 14.4. The second kappa shape index (κ2) is 6.41. The number of rotatable bonds is 1. The highest BCUT2D eigenvalue weighted by Crippen LogP contribution is 2.33. The summed E-state index contributed by atoms with van der Waals surface area (Å²) in [7, 11) is 0. The van der Waals surface area contributed by atoms with E-state index in [2.05, 4.69) is 17.4 Å². The maximum Gasteiger partial charge on any atom is 0.322 e. The van der Waals surface area contributed by atoms with Crippen molar-refractivity contribution >= 4 is 29.2 Å². The highest BCUT2D eigenvalue weighted by molar-refractivity contribution is 6.30. The van der Waals surface area contributed by atoms with E-state index in [1.165, 1.54) is 5.56 Å². The summed E-state index contributed by atoms with van der Waals surface area (Å²) in [5.41, 5.74) is 3.07. The summed E-state index contributed by atoms with van der Waals surface area (Å²) >= 11 is 5.87. The van der Waals surface area contributed by atoms with Gasteiger partial charge in [-0.05, 0) is 41.8 Å². The van der Waals surface area contributed by atoms with Crippen LogP contribution in [0, 0.1) is 0 Å². The van der Waals surface area contributed by atoms with Crippen molar-refractivity contribution in [1.29, 1.82) is 0 Å². The van der Waals surface area contributed by atoms with Crippen LogP contribution in [-0.2, 0) is 11.2 Å². The number of carbonyl (C=O) groups excluding carboxylic acids is 2. The van der Waals surface area contributed by atoms with E-state index < -0.39 is 0 Å². The standard InChI is InChI=1S/C19H18ClN3O2/c20-14-5-7-15(8-6-14)21-19(25)22-11-17-16-4-2-1-3-13(16)9-10-23(17)18(24)12-22/h1-8,17H,9-12H2,(H,21,25). The number of hydrogen-bond acceptors (Lipinski definition) is 2. The Kier molecular flexibility index (Phi) is 4.09. The predicted molar refractivity (Wildman–Crippen MR) is 96.6 cm³/mol. The maximum absolute atomic E-state index is 12.6. The molecule has 1 fully saturated rings. The fourth-order valence-corrected chi connectivity index (χ4v) is 3.69. The Morgan fingerprint density at radius 1 is 1.12 bits per heavy atom. The first-order valence-corrected chi connectivity index (χ1v) is 8.68. The number of hydrogen-bond donors (Lipinski definition) is 1. The summed E-state index contributed by atoms with van der Waals surface area (Å²) in [6, 6.07) is 14.8. The predicted octanol–water partition coefficient (Wildman–Crippen LogP) is 3.31. The fourth-order valence-electron chi connectivity index (χ4n) is 3.56. The van der Waals surface area contributed by atoms with E-state index in [0.29, 0.717) is 23.8 Å². The average molecular weight is 356 g/mol. The Balaban J connectivity index is 1.54. The summed E-state index contributed by atoms with van der Waals surface area (Å²) in [4.78, 5) is 28.6. The van der Waals surface area contributed by atoms with Gasteiger partial charge in [0.1, 0.15) is 6.54 Å². The van der Waals surface area contributed by atoms with Crippen LogP contribution in [0.1, 0.15) is 17.2 Å².